The summed E-state index contributed by atoms with van der Waals surface area (Å²) in [5, 5.41) is 9.56. The minimum atomic E-state index is -1.22. The van der Waals surface area contributed by atoms with Crippen molar-refractivity contribution in [3.05, 3.63) is 40.6 Å². The number of anilines is 1. The Morgan fingerprint density at radius 2 is 2.14 bits per heavy atom. The van der Waals surface area contributed by atoms with E-state index in [1.165, 1.54) is 0 Å². The van der Waals surface area contributed by atoms with Crippen molar-refractivity contribution in [3.63, 3.8) is 0 Å². The van der Waals surface area contributed by atoms with Crippen molar-refractivity contribution in [3.8, 4) is 5.75 Å². The van der Waals surface area contributed by atoms with Crippen molar-refractivity contribution < 1.29 is 18.7 Å². The number of aliphatic hydroxyl groups excluding tert-OH is 1. The number of aromatic nitrogens is 3. The van der Waals surface area contributed by atoms with E-state index in [0.717, 1.165) is 5.52 Å². The highest BCUT2D eigenvalue weighted by Gasteiger charge is 2.32. The van der Waals surface area contributed by atoms with Gasteiger partial charge in [-0.05, 0) is 19.1 Å². The number of hydrogen-bond donors (Lipinski definition) is 1. The van der Waals surface area contributed by atoms with Gasteiger partial charge in [0.15, 0.2) is 23.5 Å². The minimum Gasteiger partial charge on any atom is -0.487 e. The van der Waals surface area contributed by atoms with Gasteiger partial charge in [-0.15, -0.1) is 0 Å². The van der Waals surface area contributed by atoms with Gasteiger partial charge in [0, 0.05) is 31.5 Å². The van der Waals surface area contributed by atoms with Crippen molar-refractivity contribution in [2.45, 2.75) is 39.2 Å². The second-order valence-electron chi connectivity index (χ2n) is 6.81. The molecule has 3 heterocycles. The molecule has 7 nitrogen and oxygen atoms in total. The lowest BCUT2D eigenvalue weighted by atomic mass is 10.1. The molecular formula is C19H20ClFN4O3. The van der Waals surface area contributed by atoms with Crippen LogP contribution in [0.1, 0.15) is 23.7 Å². The molecule has 9 heteroatoms. The van der Waals surface area contributed by atoms with Gasteiger partial charge in [-0.2, -0.15) is 0 Å². The molecule has 4 rings (SSSR count). The second kappa shape index (κ2) is 7.52. The van der Waals surface area contributed by atoms with Crippen molar-refractivity contribution in [1.82, 2.24) is 15.0 Å². The summed E-state index contributed by atoms with van der Waals surface area (Å²) in [6.07, 6.45) is -1.32. The molecule has 28 heavy (non-hydrogen) atoms. The van der Waals surface area contributed by atoms with E-state index >= 15 is 0 Å². The fourth-order valence-electron chi connectivity index (χ4n) is 3.38. The molecule has 2 atom stereocenters. The Bertz CT molecular complexity index is 1010. The highest BCUT2D eigenvalue weighted by atomic mass is 35.5. The zero-order valence-electron chi connectivity index (χ0n) is 15.5. The number of alkyl halides is 1. The van der Waals surface area contributed by atoms with E-state index in [1.54, 1.807) is 32.0 Å². The highest BCUT2D eigenvalue weighted by molar-refractivity contribution is 6.30. The molecule has 0 saturated carbocycles. The highest BCUT2D eigenvalue weighted by Crippen LogP contribution is 2.29. The van der Waals surface area contributed by atoms with E-state index in [0.29, 0.717) is 41.6 Å². The van der Waals surface area contributed by atoms with Crippen LogP contribution in [0.3, 0.4) is 0 Å². The van der Waals surface area contributed by atoms with Crippen LogP contribution in [0, 0.1) is 13.8 Å². The van der Waals surface area contributed by atoms with Gasteiger partial charge in [-0.25, -0.2) is 19.3 Å². The van der Waals surface area contributed by atoms with Gasteiger partial charge in [0.2, 0.25) is 0 Å². The number of halogens is 2. The lowest BCUT2D eigenvalue weighted by Crippen LogP contribution is -2.47. The van der Waals surface area contributed by atoms with Crippen LogP contribution >= 0.6 is 11.6 Å². The summed E-state index contributed by atoms with van der Waals surface area (Å²) < 4.78 is 26.3. The molecule has 0 amide bonds. The number of nitrogens with zero attached hydrogens (tertiary/aromatic N) is 4. The molecule has 1 fully saturated rings. The third-order valence-corrected chi connectivity index (χ3v) is 5.15. The number of benzene rings is 1. The van der Waals surface area contributed by atoms with Crippen LogP contribution in [0.5, 0.6) is 5.75 Å². The van der Waals surface area contributed by atoms with Gasteiger partial charge in [-0.1, -0.05) is 11.6 Å². The largest absolute Gasteiger partial charge is 0.487 e. The van der Waals surface area contributed by atoms with Crippen LogP contribution in [0.4, 0.5) is 10.2 Å². The number of aryl methyl sites for hydroxylation is 1. The molecule has 1 aliphatic heterocycles. The molecule has 1 saturated heterocycles. The first-order valence-electron chi connectivity index (χ1n) is 9.01. The lowest BCUT2D eigenvalue weighted by molar-refractivity contribution is 0.0819. The smallest absolute Gasteiger partial charge is 0.192 e. The first kappa shape index (κ1) is 18.9. The first-order valence-corrected chi connectivity index (χ1v) is 9.39. The topological polar surface area (TPSA) is 84.5 Å². The fourth-order valence-corrected chi connectivity index (χ4v) is 3.56. The normalized spacial score (nSPS) is 20.0. The Balaban J connectivity index is 1.48. The molecule has 2 aromatic heterocycles. The van der Waals surface area contributed by atoms with E-state index in [4.69, 9.17) is 20.8 Å². The summed E-state index contributed by atoms with van der Waals surface area (Å²) in [5.74, 6) is 1.89. The van der Waals surface area contributed by atoms with Crippen molar-refractivity contribution >= 4 is 28.5 Å². The van der Waals surface area contributed by atoms with E-state index in [1.807, 2.05) is 4.90 Å². The quantitative estimate of drug-likeness (QED) is 0.665. The number of hydrogen-bond acceptors (Lipinski definition) is 7. The van der Waals surface area contributed by atoms with Crippen LogP contribution in [0.15, 0.2) is 22.6 Å². The molecule has 1 N–H and O–H groups in total. The summed E-state index contributed by atoms with van der Waals surface area (Å²) in [6, 6.07) is 5.30. The predicted octanol–water partition coefficient (Wildman–Crippen LogP) is 3.38. The molecular weight excluding hydrogens is 387 g/mol. The molecule has 0 unspecified atom stereocenters. The SMILES string of the molecule is Cc1nc2ccc(O[C@@H]3CCN(c4nc(CO)nc(Cl)c4C)C[C@@H]3F)cc2o1. The maximum atomic E-state index is 14.9. The van der Waals surface area contributed by atoms with Gasteiger partial charge in [0.25, 0.3) is 0 Å². The minimum absolute atomic E-state index is 0.118. The van der Waals surface area contributed by atoms with Gasteiger partial charge < -0.3 is 19.2 Å². The van der Waals surface area contributed by atoms with E-state index < -0.39 is 12.3 Å². The summed E-state index contributed by atoms with van der Waals surface area (Å²) in [5.41, 5.74) is 2.02. The van der Waals surface area contributed by atoms with Crippen LogP contribution in [-0.2, 0) is 6.61 Å². The number of oxazole rings is 1. The summed E-state index contributed by atoms with van der Waals surface area (Å²) in [4.78, 5) is 14.4. The van der Waals surface area contributed by atoms with Gasteiger partial charge in [0.05, 0.1) is 6.54 Å². The molecule has 3 aromatic rings. The Labute approximate surface area is 166 Å². The number of fused-ring (bicyclic) bond motifs is 1. The van der Waals surface area contributed by atoms with Crippen LogP contribution in [-0.4, -0.2) is 45.4 Å². The molecule has 0 radical (unpaired) electrons. The average Bonchev–Trinajstić information content (AvgIpc) is 3.04. The Kier molecular flexibility index (Phi) is 5.07. The summed E-state index contributed by atoms with van der Waals surface area (Å²) >= 11 is 6.12. The van der Waals surface area contributed by atoms with E-state index in [9.17, 15) is 9.50 Å². The predicted molar refractivity (Wildman–Crippen MR) is 103 cm³/mol. The monoisotopic (exact) mass is 406 g/mol. The molecule has 0 spiro atoms. The van der Waals surface area contributed by atoms with Crippen molar-refractivity contribution in [1.29, 1.82) is 0 Å². The molecule has 0 aliphatic carbocycles. The third-order valence-electron chi connectivity index (χ3n) is 4.78. The zero-order chi connectivity index (χ0) is 19.8. The molecule has 148 valence electrons. The first-order chi connectivity index (χ1) is 13.4. The molecule has 1 aliphatic rings. The van der Waals surface area contributed by atoms with Crippen LogP contribution in [0.25, 0.3) is 11.1 Å². The Morgan fingerprint density at radius 1 is 1.32 bits per heavy atom. The Morgan fingerprint density at radius 3 is 2.89 bits per heavy atom. The van der Waals surface area contributed by atoms with Crippen LogP contribution in [0.2, 0.25) is 5.15 Å². The zero-order valence-corrected chi connectivity index (χ0v) is 16.3. The number of rotatable bonds is 4. The standard InChI is InChI=1S/C19H20ClFN4O3/c1-10-18(20)23-17(9-26)24-19(10)25-6-5-15(13(21)8-25)28-12-3-4-14-16(7-12)27-11(2)22-14/h3-4,7,13,15,26H,5-6,8-9H2,1-2H3/t13-,15+/m0/s1. The molecule has 0 bridgehead atoms. The average molecular weight is 407 g/mol. The van der Waals surface area contributed by atoms with E-state index in [-0.39, 0.29) is 24.1 Å². The fraction of sp³-hybridized carbons (Fsp3) is 0.421. The third kappa shape index (κ3) is 3.62. The van der Waals surface area contributed by atoms with Crippen molar-refractivity contribution in [2.24, 2.45) is 0 Å². The lowest BCUT2D eigenvalue weighted by Gasteiger charge is -2.36. The Hall–Kier alpha value is -2.45. The van der Waals surface area contributed by atoms with Crippen LogP contribution < -0.4 is 9.64 Å². The number of piperidine rings is 1. The summed E-state index contributed by atoms with van der Waals surface area (Å²) in [6.45, 7) is 3.90. The second-order valence-corrected chi connectivity index (χ2v) is 7.16. The van der Waals surface area contributed by atoms with Gasteiger partial charge in [-0.3, -0.25) is 0 Å². The number of ether oxygens (including phenoxy) is 1. The van der Waals surface area contributed by atoms with E-state index in [2.05, 4.69) is 15.0 Å². The molecule has 1 aromatic carbocycles. The van der Waals surface area contributed by atoms with Gasteiger partial charge in [0.1, 0.15) is 34.9 Å². The van der Waals surface area contributed by atoms with Gasteiger partial charge >= 0.3 is 0 Å². The maximum Gasteiger partial charge on any atom is 0.192 e. The summed E-state index contributed by atoms with van der Waals surface area (Å²) in [7, 11) is 0. The van der Waals surface area contributed by atoms with Crippen molar-refractivity contribution in [2.75, 3.05) is 18.0 Å². The number of aliphatic hydroxyl groups is 1. The maximum absolute atomic E-state index is 14.9.